The zero-order chi connectivity index (χ0) is 22.2. The molecule has 8 nitrogen and oxygen atoms in total. The summed E-state index contributed by atoms with van der Waals surface area (Å²) in [4.78, 5) is 32.7. The number of hydrogen-bond donors (Lipinski definition) is 1. The second-order valence-corrected chi connectivity index (χ2v) is 8.20. The summed E-state index contributed by atoms with van der Waals surface area (Å²) in [6.07, 6.45) is 5.83. The second-order valence-electron chi connectivity index (χ2n) is 8.20. The highest BCUT2D eigenvalue weighted by Gasteiger charge is 2.22. The summed E-state index contributed by atoms with van der Waals surface area (Å²) in [5, 5.41) is 3.40. The van der Waals surface area contributed by atoms with Crippen LogP contribution in [0.5, 0.6) is 0 Å². The minimum absolute atomic E-state index is 0.233. The standard InChI is InChI=1S/C24H33N7O/c1-2-25-23(29-15-17-30(18-16-29)24-27-12-6-13-28-24)26-11-5-9-22(32)31-14-10-20-7-3-4-8-21(20)19-31/h3-4,6-8,12-13H,2,5,9-11,14-19H2,1H3,(H,25,26). The monoisotopic (exact) mass is 435 g/mol. The Labute approximate surface area is 190 Å². The van der Waals surface area contributed by atoms with Gasteiger partial charge in [0.05, 0.1) is 0 Å². The van der Waals surface area contributed by atoms with Crippen molar-refractivity contribution in [1.29, 1.82) is 0 Å². The summed E-state index contributed by atoms with van der Waals surface area (Å²) in [5.74, 6) is 1.95. The number of guanidine groups is 1. The number of carbonyl (C=O) groups is 1. The molecule has 3 heterocycles. The van der Waals surface area contributed by atoms with Crippen molar-refractivity contribution in [2.45, 2.75) is 32.7 Å². The van der Waals surface area contributed by atoms with Gasteiger partial charge in [0.1, 0.15) is 0 Å². The SMILES string of the molecule is CCNC(=NCCCC(=O)N1CCc2ccccc2C1)N1CCN(c2ncccn2)CC1. The maximum atomic E-state index is 12.7. The van der Waals surface area contributed by atoms with Gasteiger partial charge in [-0.25, -0.2) is 9.97 Å². The Bertz CT molecular complexity index is 910. The molecule has 2 aromatic rings. The molecule has 0 saturated carbocycles. The van der Waals surface area contributed by atoms with E-state index < -0.39 is 0 Å². The molecular formula is C24H33N7O. The number of fused-ring (bicyclic) bond motifs is 1. The van der Waals surface area contributed by atoms with E-state index in [-0.39, 0.29) is 5.91 Å². The van der Waals surface area contributed by atoms with E-state index in [0.717, 1.165) is 70.6 Å². The third kappa shape index (κ3) is 5.55. The molecule has 0 spiro atoms. The Kier molecular flexibility index (Phi) is 7.53. The number of carbonyl (C=O) groups excluding carboxylic acids is 1. The predicted molar refractivity (Wildman–Crippen MR) is 127 cm³/mol. The smallest absolute Gasteiger partial charge is 0.225 e. The highest BCUT2D eigenvalue weighted by atomic mass is 16.2. The number of nitrogens with one attached hydrogen (secondary N) is 1. The zero-order valence-corrected chi connectivity index (χ0v) is 18.9. The molecule has 1 fully saturated rings. The van der Waals surface area contributed by atoms with Gasteiger partial charge in [-0.2, -0.15) is 0 Å². The number of amides is 1. The van der Waals surface area contributed by atoms with Crippen LogP contribution in [0.3, 0.4) is 0 Å². The van der Waals surface area contributed by atoms with Crippen LogP contribution in [0.25, 0.3) is 0 Å². The molecule has 1 amide bonds. The fourth-order valence-electron chi connectivity index (χ4n) is 4.28. The van der Waals surface area contributed by atoms with E-state index in [0.29, 0.717) is 13.0 Å². The molecule has 4 rings (SSSR count). The lowest BCUT2D eigenvalue weighted by molar-refractivity contribution is -0.132. The summed E-state index contributed by atoms with van der Waals surface area (Å²) >= 11 is 0. The quantitative estimate of drug-likeness (QED) is 0.425. The van der Waals surface area contributed by atoms with Crippen molar-refractivity contribution in [2.75, 3.05) is 50.7 Å². The number of aliphatic imine (C=N–C) groups is 1. The van der Waals surface area contributed by atoms with E-state index in [1.54, 1.807) is 12.4 Å². The van der Waals surface area contributed by atoms with Crippen molar-refractivity contribution >= 4 is 17.8 Å². The average Bonchev–Trinajstić information content (AvgIpc) is 2.86. The molecule has 1 aromatic heterocycles. The molecule has 170 valence electrons. The van der Waals surface area contributed by atoms with Gasteiger partial charge in [-0.15, -0.1) is 0 Å². The van der Waals surface area contributed by atoms with Crippen molar-refractivity contribution in [3.05, 3.63) is 53.9 Å². The van der Waals surface area contributed by atoms with Gasteiger partial charge in [0.2, 0.25) is 11.9 Å². The summed E-state index contributed by atoms with van der Waals surface area (Å²) in [6, 6.07) is 10.3. The molecule has 0 radical (unpaired) electrons. The van der Waals surface area contributed by atoms with Crippen molar-refractivity contribution in [1.82, 2.24) is 25.1 Å². The zero-order valence-electron chi connectivity index (χ0n) is 18.9. The minimum Gasteiger partial charge on any atom is -0.357 e. The normalized spacial score (nSPS) is 16.7. The number of benzene rings is 1. The molecule has 0 atom stereocenters. The Hall–Kier alpha value is -3.16. The first kappa shape index (κ1) is 22.0. The van der Waals surface area contributed by atoms with Crippen LogP contribution >= 0.6 is 0 Å². The summed E-state index contributed by atoms with van der Waals surface area (Å²) in [5.41, 5.74) is 2.65. The first-order valence-corrected chi connectivity index (χ1v) is 11.6. The Morgan fingerprint density at radius 2 is 1.75 bits per heavy atom. The van der Waals surface area contributed by atoms with E-state index in [4.69, 9.17) is 4.99 Å². The lowest BCUT2D eigenvalue weighted by Gasteiger charge is -2.36. The van der Waals surface area contributed by atoms with Gasteiger partial charge in [-0.05, 0) is 37.0 Å². The highest BCUT2D eigenvalue weighted by Crippen LogP contribution is 2.19. The van der Waals surface area contributed by atoms with Crippen LogP contribution in [0.15, 0.2) is 47.7 Å². The maximum absolute atomic E-state index is 12.7. The number of nitrogens with zero attached hydrogens (tertiary/aromatic N) is 6. The summed E-state index contributed by atoms with van der Waals surface area (Å²) in [6.45, 7) is 8.58. The predicted octanol–water partition coefficient (Wildman–Crippen LogP) is 1.93. The van der Waals surface area contributed by atoms with E-state index in [1.165, 1.54) is 11.1 Å². The third-order valence-electron chi connectivity index (χ3n) is 6.04. The summed E-state index contributed by atoms with van der Waals surface area (Å²) < 4.78 is 0. The number of rotatable bonds is 6. The fraction of sp³-hybridized carbons (Fsp3) is 0.500. The van der Waals surface area contributed by atoms with Crippen molar-refractivity contribution in [2.24, 2.45) is 4.99 Å². The molecule has 2 aliphatic heterocycles. The van der Waals surface area contributed by atoms with Gasteiger partial charge in [0.15, 0.2) is 5.96 Å². The lowest BCUT2D eigenvalue weighted by Crippen LogP contribution is -2.53. The highest BCUT2D eigenvalue weighted by molar-refractivity contribution is 5.80. The van der Waals surface area contributed by atoms with Crippen LogP contribution in [0.1, 0.15) is 30.9 Å². The molecule has 1 saturated heterocycles. The van der Waals surface area contributed by atoms with Crippen LogP contribution < -0.4 is 10.2 Å². The second kappa shape index (κ2) is 10.9. The molecule has 0 unspecified atom stereocenters. The Balaban J connectivity index is 1.24. The molecule has 0 bridgehead atoms. The van der Waals surface area contributed by atoms with E-state index in [2.05, 4.69) is 56.3 Å². The Morgan fingerprint density at radius 3 is 2.50 bits per heavy atom. The van der Waals surface area contributed by atoms with Gasteiger partial charge in [0, 0.05) is 71.2 Å². The molecule has 0 aliphatic carbocycles. The molecule has 32 heavy (non-hydrogen) atoms. The largest absolute Gasteiger partial charge is 0.357 e. The lowest BCUT2D eigenvalue weighted by atomic mass is 9.99. The molecule has 2 aliphatic rings. The van der Waals surface area contributed by atoms with Gasteiger partial charge in [0.25, 0.3) is 0 Å². The van der Waals surface area contributed by atoms with E-state index >= 15 is 0 Å². The van der Waals surface area contributed by atoms with Crippen LogP contribution in [0, 0.1) is 0 Å². The first-order chi connectivity index (χ1) is 15.7. The number of piperazine rings is 1. The average molecular weight is 436 g/mol. The molecule has 1 N–H and O–H groups in total. The first-order valence-electron chi connectivity index (χ1n) is 11.6. The van der Waals surface area contributed by atoms with Gasteiger partial charge < -0.3 is 20.0 Å². The Morgan fingerprint density at radius 1 is 1.00 bits per heavy atom. The molecule has 8 heteroatoms. The van der Waals surface area contributed by atoms with E-state index in [9.17, 15) is 4.79 Å². The van der Waals surface area contributed by atoms with Gasteiger partial charge >= 0.3 is 0 Å². The fourth-order valence-corrected chi connectivity index (χ4v) is 4.28. The minimum atomic E-state index is 0.233. The van der Waals surface area contributed by atoms with Crippen LogP contribution in [-0.4, -0.2) is 77.4 Å². The maximum Gasteiger partial charge on any atom is 0.225 e. The van der Waals surface area contributed by atoms with Crippen LogP contribution in [-0.2, 0) is 17.8 Å². The van der Waals surface area contributed by atoms with Gasteiger partial charge in [-0.1, -0.05) is 24.3 Å². The molecule has 1 aromatic carbocycles. The topological polar surface area (TPSA) is 77.0 Å². The van der Waals surface area contributed by atoms with Gasteiger partial charge in [-0.3, -0.25) is 9.79 Å². The van der Waals surface area contributed by atoms with Crippen molar-refractivity contribution in [3.63, 3.8) is 0 Å². The van der Waals surface area contributed by atoms with Crippen molar-refractivity contribution < 1.29 is 4.79 Å². The number of hydrogen-bond acceptors (Lipinski definition) is 5. The van der Waals surface area contributed by atoms with Crippen LogP contribution in [0.2, 0.25) is 0 Å². The molecular weight excluding hydrogens is 402 g/mol. The van der Waals surface area contributed by atoms with Crippen molar-refractivity contribution in [3.8, 4) is 0 Å². The number of anilines is 1. The van der Waals surface area contributed by atoms with E-state index in [1.807, 2.05) is 11.0 Å². The third-order valence-corrected chi connectivity index (χ3v) is 6.04. The number of aromatic nitrogens is 2. The van der Waals surface area contributed by atoms with Crippen LogP contribution in [0.4, 0.5) is 5.95 Å². The summed E-state index contributed by atoms with van der Waals surface area (Å²) in [7, 11) is 0.